The van der Waals surface area contributed by atoms with Crippen LogP contribution < -0.4 is 0 Å². The smallest absolute Gasteiger partial charge is 0.0802 e. The Labute approximate surface area is 123 Å². The van der Waals surface area contributed by atoms with Crippen molar-refractivity contribution >= 4 is 0 Å². The third kappa shape index (κ3) is 4.89. The fourth-order valence-corrected chi connectivity index (χ4v) is 2.96. The van der Waals surface area contributed by atoms with E-state index in [0.717, 1.165) is 31.0 Å². The number of benzene rings is 1. The Hall–Kier alpha value is -0.900. The number of hydrogen-bond acceptors (Lipinski definition) is 3. The maximum absolute atomic E-state index is 10.2. The van der Waals surface area contributed by atoms with E-state index in [2.05, 4.69) is 23.9 Å². The molecule has 1 aliphatic heterocycles. The second-order valence-electron chi connectivity index (χ2n) is 6.22. The van der Waals surface area contributed by atoms with Crippen molar-refractivity contribution in [3.8, 4) is 0 Å². The number of hydrogen-bond donors (Lipinski definition) is 1. The highest BCUT2D eigenvalue weighted by atomic mass is 16.3. The number of likely N-dealkylation sites (tertiary alicyclic amines) is 1. The summed E-state index contributed by atoms with van der Waals surface area (Å²) >= 11 is 0. The van der Waals surface area contributed by atoms with Gasteiger partial charge < -0.3 is 14.9 Å². The highest BCUT2D eigenvalue weighted by molar-refractivity contribution is 5.17. The van der Waals surface area contributed by atoms with Crippen molar-refractivity contribution in [2.45, 2.75) is 25.4 Å². The topological polar surface area (TPSA) is 26.7 Å². The summed E-state index contributed by atoms with van der Waals surface area (Å²) in [7, 11) is 4.38. The minimum absolute atomic E-state index is 0.337. The van der Waals surface area contributed by atoms with E-state index in [1.165, 1.54) is 25.9 Å². The van der Waals surface area contributed by atoms with Crippen LogP contribution in [0, 0.1) is 5.92 Å². The summed E-state index contributed by atoms with van der Waals surface area (Å²) < 4.78 is 0. The van der Waals surface area contributed by atoms with Crippen molar-refractivity contribution in [1.82, 2.24) is 9.80 Å². The van der Waals surface area contributed by atoms with Crippen LogP contribution in [0.3, 0.4) is 0 Å². The van der Waals surface area contributed by atoms with E-state index in [1.807, 2.05) is 30.3 Å². The SMILES string of the molecule is CN1CCC(CN(C)CCC(O)c2ccccc2)CC1. The average Bonchev–Trinajstić information content (AvgIpc) is 2.48. The van der Waals surface area contributed by atoms with Crippen molar-refractivity contribution in [2.75, 3.05) is 40.3 Å². The van der Waals surface area contributed by atoms with Crippen LogP contribution in [-0.4, -0.2) is 55.2 Å². The van der Waals surface area contributed by atoms with Crippen LogP contribution in [0.2, 0.25) is 0 Å². The van der Waals surface area contributed by atoms with Gasteiger partial charge >= 0.3 is 0 Å². The van der Waals surface area contributed by atoms with Gasteiger partial charge in [-0.05, 0) is 57.9 Å². The molecule has 0 aliphatic carbocycles. The van der Waals surface area contributed by atoms with Crippen molar-refractivity contribution in [3.05, 3.63) is 35.9 Å². The predicted molar refractivity (Wildman–Crippen MR) is 83.7 cm³/mol. The first-order valence-corrected chi connectivity index (χ1v) is 7.75. The molecule has 0 amide bonds. The molecular weight excluding hydrogens is 248 g/mol. The van der Waals surface area contributed by atoms with Crippen molar-refractivity contribution in [1.29, 1.82) is 0 Å². The first-order valence-electron chi connectivity index (χ1n) is 7.75. The second-order valence-corrected chi connectivity index (χ2v) is 6.22. The lowest BCUT2D eigenvalue weighted by molar-refractivity contribution is 0.133. The molecule has 0 aromatic heterocycles. The van der Waals surface area contributed by atoms with Gasteiger partial charge in [0.25, 0.3) is 0 Å². The Balaban J connectivity index is 1.68. The van der Waals surface area contributed by atoms with Gasteiger partial charge in [0, 0.05) is 13.1 Å². The van der Waals surface area contributed by atoms with Crippen molar-refractivity contribution in [3.63, 3.8) is 0 Å². The van der Waals surface area contributed by atoms with Crippen LogP contribution in [0.25, 0.3) is 0 Å². The third-order valence-corrected chi connectivity index (χ3v) is 4.38. The standard InChI is InChI=1S/C17H28N2O/c1-18-11-8-15(9-12-18)14-19(2)13-10-17(20)16-6-4-3-5-7-16/h3-7,15,17,20H,8-14H2,1-2H3. The zero-order valence-corrected chi connectivity index (χ0v) is 12.8. The monoisotopic (exact) mass is 276 g/mol. The number of rotatable bonds is 6. The Morgan fingerprint density at radius 2 is 1.90 bits per heavy atom. The van der Waals surface area contributed by atoms with Gasteiger partial charge in [0.1, 0.15) is 0 Å². The van der Waals surface area contributed by atoms with Gasteiger partial charge in [-0.2, -0.15) is 0 Å². The Kier molecular flexibility index (Phi) is 6.02. The molecule has 1 atom stereocenters. The summed E-state index contributed by atoms with van der Waals surface area (Å²) in [6.45, 7) is 4.58. The highest BCUT2D eigenvalue weighted by Gasteiger charge is 2.18. The minimum Gasteiger partial charge on any atom is -0.388 e. The largest absolute Gasteiger partial charge is 0.388 e. The molecule has 1 fully saturated rings. The number of nitrogens with zero attached hydrogens (tertiary/aromatic N) is 2. The summed E-state index contributed by atoms with van der Waals surface area (Å²) in [6.07, 6.45) is 3.09. The second kappa shape index (κ2) is 7.77. The molecule has 0 bridgehead atoms. The summed E-state index contributed by atoms with van der Waals surface area (Å²) in [4.78, 5) is 4.79. The Bertz CT molecular complexity index is 374. The summed E-state index contributed by atoms with van der Waals surface area (Å²) in [6, 6.07) is 9.97. The molecule has 112 valence electrons. The van der Waals surface area contributed by atoms with E-state index in [4.69, 9.17) is 0 Å². The van der Waals surface area contributed by atoms with E-state index in [0.29, 0.717) is 0 Å². The van der Waals surface area contributed by atoms with Crippen LogP contribution >= 0.6 is 0 Å². The molecule has 0 radical (unpaired) electrons. The van der Waals surface area contributed by atoms with Gasteiger partial charge in [0.05, 0.1) is 6.10 Å². The molecule has 0 saturated carbocycles. The Morgan fingerprint density at radius 1 is 1.25 bits per heavy atom. The molecule has 1 aromatic carbocycles. The molecule has 20 heavy (non-hydrogen) atoms. The summed E-state index contributed by atoms with van der Waals surface area (Å²) in [5.41, 5.74) is 1.03. The number of aliphatic hydroxyl groups is 1. The van der Waals surface area contributed by atoms with Gasteiger partial charge in [-0.1, -0.05) is 30.3 Å². The van der Waals surface area contributed by atoms with Crippen molar-refractivity contribution in [2.24, 2.45) is 5.92 Å². The summed E-state index contributed by atoms with van der Waals surface area (Å²) in [5, 5.41) is 10.2. The highest BCUT2D eigenvalue weighted by Crippen LogP contribution is 2.19. The lowest BCUT2D eigenvalue weighted by atomic mass is 9.96. The summed E-state index contributed by atoms with van der Waals surface area (Å²) in [5.74, 6) is 0.824. The molecule has 1 N–H and O–H groups in total. The lowest BCUT2D eigenvalue weighted by Crippen LogP contribution is -2.36. The average molecular weight is 276 g/mol. The zero-order valence-electron chi connectivity index (χ0n) is 12.8. The lowest BCUT2D eigenvalue weighted by Gasteiger charge is -2.31. The number of aliphatic hydroxyl groups excluding tert-OH is 1. The van der Waals surface area contributed by atoms with E-state index in [9.17, 15) is 5.11 Å². The zero-order chi connectivity index (χ0) is 14.4. The molecular formula is C17H28N2O. The predicted octanol–water partition coefficient (Wildman–Crippen LogP) is 2.38. The van der Waals surface area contributed by atoms with Gasteiger partial charge in [0.15, 0.2) is 0 Å². The molecule has 3 nitrogen and oxygen atoms in total. The first kappa shape index (κ1) is 15.5. The molecule has 3 heteroatoms. The third-order valence-electron chi connectivity index (χ3n) is 4.38. The van der Waals surface area contributed by atoms with Crippen LogP contribution in [0.5, 0.6) is 0 Å². The van der Waals surface area contributed by atoms with Crippen molar-refractivity contribution < 1.29 is 5.11 Å². The molecule has 1 aliphatic rings. The quantitative estimate of drug-likeness (QED) is 0.864. The fourth-order valence-electron chi connectivity index (χ4n) is 2.96. The van der Waals surface area contributed by atoms with Gasteiger partial charge in [-0.25, -0.2) is 0 Å². The normalized spacial score (nSPS) is 19.4. The molecule has 0 spiro atoms. The van der Waals surface area contributed by atoms with E-state index >= 15 is 0 Å². The van der Waals surface area contributed by atoms with E-state index in [1.54, 1.807) is 0 Å². The van der Waals surface area contributed by atoms with Crippen LogP contribution in [-0.2, 0) is 0 Å². The maximum Gasteiger partial charge on any atom is 0.0802 e. The molecule has 1 unspecified atom stereocenters. The molecule has 1 aromatic rings. The van der Waals surface area contributed by atoms with Crippen LogP contribution in [0.1, 0.15) is 30.9 Å². The first-order chi connectivity index (χ1) is 9.65. The van der Waals surface area contributed by atoms with Gasteiger partial charge in [-0.15, -0.1) is 0 Å². The van der Waals surface area contributed by atoms with E-state index < -0.39 is 0 Å². The van der Waals surface area contributed by atoms with Crippen LogP contribution in [0.4, 0.5) is 0 Å². The van der Waals surface area contributed by atoms with E-state index in [-0.39, 0.29) is 6.10 Å². The fraction of sp³-hybridized carbons (Fsp3) is 0.647. The molecule has 2 rings (SSSR count). The Morgan fingerprint density at radius 3 is 2.55 bits per heavy atom. The van der Waals surface area contributed by atoms with Gasteiger partial charge in [-0.3, -0.25) is 0 Å². The number of piperidine rings is 1. The van der Waals surface area contributed by atoms with Crippen LogP contribution in [0.15, 0.2) is 30.3 Å². The maximum atomic E-state index is 10.2. The molecule has 1 heterocycles. The molecule has 1 saturated heterocycles. The van der Waals surface area contributed by atoms with Gasteiger partial charge in [0.2, 0.25) is 0 Å². The minimum atomic E-state index is -0.337.